The summed E-state index contributed by atoms with van der Waals surface area (Å²) in [5, 5.41) is 17.7. The highest BCUT2D eigenvalue weighted by molar-refractivity contribution is 9.10. The number of aliphatic hydroxyl groups is 1. The molecule has 0 saturated carbocycles. The number of anilines is 1. The van der Waals surface area contributed by atoms with Gasteiger partial charge in [-0.25, -0.2) is 14.6 Å². The molecule has 32 heavy (non-hydrogen) atoms. The van der Waals surface area contributed by atoms with E-state index in [0.29, 0.717) is 24.6 Å². The van der Waals surface area contributed by atoms with E-state index < -0.39 is 6.61 Å². The Morgan fingerprint density at radius 1 is 1.22 bits per heavy atom. The molecule has 5 heterocycles. The average molecular weight is 497 g/mol. The van der Waals surface area contributed by atoms with Crippen molar-refractivity contribution in [2.45, 2.75) is 18.8 Å². The highest BCUT2D eigenvalue weighted by atomic mass is 79.9. The first-order valence-corrected chi connectivity index (χ1v) is 11.0. The van der Waals surface area contributed by atoms with E-state index in [-0.39, 0.29) is 11.8 Å². The van der Waals surface area contributed by atoms with Gasteiger partial charge in [0, 0.05) is 48.7 Å². The first-order valence-electron chi connectivity index (χ1n) is 10.2. The molecule has 0 spiro atoms. The van der Waals surface area contributed by atoms with Gasteiger partial charge in [-0.05, 0) is 47.0 Å². The number of pyridine rings is 1. The molecule has 1 aliphatic heterocycles. The van der Waals surface area contributed by atoms with E-state index in [9.17, 15) is 4.79 Å². The quantitative estimate of drug-likeness (QED) is 0.442. The Morgan fingerprint density at radius 3 is 2.69 bits per heavy atom. The van der Waals surface area contributed by atoms with Crippen LogP contribution in [0.3, 0.4) is 0 Å². The second-order valence-electron chi connectivity index (χ2n) is 7.66. The predicted octanol–water partition coefficient (Wildman–Crippen LogP) is 2.02. The van der Waals surface area contributed by atoms with Crippen LogP contribution in [0, 0.1) is 0 Å². The fraction of sp³-hybridized carbons (Fsp3) is 0.286. The number of piperidine rings is 1. The van der Waals surface area contributed by atoms with E-state index in [1.807, 2.05) is 24.4 Å². The maximum absolute atomic E-state index is 11.8. The number of hydrogen-bond acceptors (Lipinski definition) is 7. The van der Waals surface area contributed by atoms with Crippen LogP contribution in [0.5, 0.6) is 0 Å². The molecule has 11 heteroatoms. The minimum Gasteiger partial charge on any atom is -0.387 e. The number of likely N-dealkylation sites (tertiary alicyclic amines) is 1. The molecular formula is C21H21BrN8O2. The van der Waals surface area contributed by atoms with Gasteiger partial charge in [0.1, 0.15) is 12.4 Å². The van der Waals surface area contributed by atoms with Crippen LogP contribution in [0.15, 0.2) is 47.5 Å². The lowest BCUT2D eigenvalue weighted by Crippen LogP contribution is -2.39. The molecule has 164 valence electrons. The zero-order valence-electron chi connectivity index (χ0n) is 17.1. The minimum absolute atomic E-state index is 0.141. The van der Waals surface area contributed by atoms with Crippen molar-refractivity contribution >= 4 is 33.3 Å². The van der Waals surface area contributed by atoms with Crippen molar-refractivity contribution in [3.8, 4) is 16.9 Å². The van der Waals surface area contributed by atoms with Gasteiger partial charge in [0.05, 0.1) is 16.4 Å². The van der Waals surface area contributed by atoms with Gasteiger partial charge in [-0.1, -0.05) is 0 Å². The van der Waals surface area contributed by atoms with Crippen molar-refractivity contribution in [2.75, 3.05) is 25.4 Å². The molecule has 3 N–H and O–H groups in total. The average Bonchev–Trinajstić information content (AvgIpc) is 3.52. The summed E-state index contributed by atoms with van der Waals surface area (Å²) in [6, 6.07) is 5.69. The second-order valence-corrected chi connectivity index (χ2v) is 8.45. The molecule has 4 aromatic heterocycles. The molecule has 0 atom stereocenters. The molecule has 1 amide bonds. The van der Waals surface area contributed by atoms with Crippen molar-refractivity contribution in [1.82, 2.24) is 34.3 Å². The number of aliphatic hydroxyl groups excluding tert-OH is 1. The zero-order chi connectivity index (χ0) is 22.2. The number of fused-ring (bicyclic) bond motifs is 1. The number of carbonyl (C=O) groups excluding carboxylic acids is 1. The Balaban J connectivity index is 1.49. The van der Waals surface area contributed by atoms with Gasteiger partial charge in [0.2, 0.25) is 5.91 Å². The van der Waals surface area contributed by atoms with Crippen LogP contribution in [0.1, 0.15) is 24.5 Å². The van der Waals surface area contributed by atoms with E-state index in [4.69, 9.17) is 15.8 Å². The van der Waals surface area contributed by atoms with Crippen molar-refractivity contribution in [3.05, 3.63) is 53.2 Å². The standard InChI is InChI=1S/C21H21BrN8O2/c22-18-19(13-4-8-28(9-5-13)17(32)12-31)27-21-15(11-26-30(21)20(18)23)14-2-3-16(24-10-14)29-7-1-6-25-29/h1-3,6-7,10-11,13,31H,4-5,8-9,12,23H2. The molecule has 0 aliphatic carbocycles. The number of nitrogens with two attached hydrogens (primary N) is 1. The van der Waals surface area contributed by atoms with Crippen molar-refractivity contribution in [1.29, 1.82) is 0 Å². The van der Waals surface area contributed by atoms with Gasteiger partial charge in [-0.2, -0.15) is 14.7 Å². The Bertz CT molecular complexity index is 1260. The van der Waals surface area contributed by atoms with Crippen LogP contribution in [-0.4, -0.2) is 65.0 Å². The highest BCUT2D eigenvalue weighted by Crippen LogP contribution is 2.36. The Morgan fingerprint density at radius 2 is 2.03 bits per heavy atom. The first-order chi connectivity index (χ1) is 15.6. The molecule has 0 aromatic carbocycles. The number of carbonyl (C=O) groups is 1. The van der Waals surface area contributed by atoms with Crippen LogP contribution in [0.4, 0.5) is 5.82 Å². The molecule has 0 bridgehead atoms. The second kappa shape index (κ2) is 8.32. The largest absolute Gasteiger partial charge is 0.387 e. The van der Waals surface area contributed by atoms with Crippen molar-refractivity contribution < 1.29 is 9.90 Å². The molecular weight excluding hydrogens is 476 g/mol. The van der Waals surface area contributed by atoms with Gasteiger partial charge in [0.25, 0.3) is 0 Å². The van der Waals surface area contributed by atoms with Gasteiger partial charge in [0.15, 0.2) is 11.5 Å². The van der Waals surface area contributed by atoms with Gasteiger partial charge >= 0.3 is 0 Å². The monoisotopic (exact) mass is 496 g/mol. The highest BCUT2D eigenvalue weighted by Gasteiger charge is 2.28. The van der Waals surface area contributed by atoms with Gasteiger partial charge in [-0.3, -0.25) is 4.79 Å². The number of aromatic nitrogens is 6. The maximum Gasteiger partial charge on any atom is 0.248 e. The van der Waals surface area contributed by atoms with E-state index in [1.165, 1.54) is 0 Å². The van der Waals surface area contributed by atoms with E-state index in [0.717, 1.165) is 40.0 Å². The number of rotatable bonds is 4. The normalized spacial score (nSPS) is 14.9. The summed E-state index contributed by atoms with van der Waals surface area (Å²) in [6.45, 7) is 0.695. The van der Waals surface area contributed by atoms with E-state index in [2.05, 4.69) is 31.1 Å². The van der Waals surface area contributed by atoms with E-state index in [1.54, 1.807) is 32.7 Å². The Labute approximate surface area is 191 Å². The van der Waals surface area contributed by atoms with E-state index >= 15 is 0 Å². The number of hydrogen-bond donors (Lipinski definition) is 2. The fourth-order valence-electron chi connectivity index (χ4n) is 4.07. The fourth-order valence-corrected chi connectivity index (χ4v) is 4.66. The summed E-state index contributed by atoms with van der Waals surface area (Å²) >= 11 is 3.60. The number of halogens is 1. The maximum atomic E-state index is 11.8. The van der Waals surface area contributed by atoms with Crippen molar-refractivity contribution in [2.24, 2.45) is 0 Å². The Kier molecular flexibility index (Phi) is 5.35. The van der Waals surface area contributed by atoms with Crippen LogP contribution in [0.25, 0.3) is 22.6 Å². The molecule has 1 fully saturated rings. The first kappa shape index (κ1) is 20.6. The lowest BCUT2D eigenvalue weighted by atomic mass is 9.93. The summed E-state index contributed by atoms with van der Waals surface area (Å²) < 4.78 is 4.03. The third-order valence-corrected chi connectivity index (χ3v) is 6.63. The lowest BCUT2D eigenvalue weighted by molar-refractivity contribution is -0.135. The SMILES string of the molecule is Nc1c(Br)c(C2CCN(C(=O)CO)CC2)nc2c(-c3ccc(-n4cccn4)nc3)cnn12. The van der Waals surface area contributed by atoms with Crippen molar-refractivity contribution in [3.63, 3.8) is 0 Å². The van der Waals surface area contributed by atoms with Crippen LogP contribution < -0.4 is 5.73 Å². The Hall–Kier alpha value is -3.31. The molecule has 0 unspecified atom stereocenters. The summed E-state index contributed by atoms with van der Waals surface area (Å²) in [5.41, 5.74) is 9.61. The molecule has 0 radical (unpaired) electrons. The number of nitrogens with zero attached hydrogens (tertiary/aromatic N) is 7. The van der Waals surface area contributed by atoms with Gasteiger partial charge in [-0.15, -0.1) is 0 Å². The zero-order valence-corrected chi connectivity index (χ0v) is 18.7. The number of amides is 1. The van der Waals surface area contributed by atoms with Gasteiger partial charge < -0.3 is 15.7 Å². The number of nitrogen functional groups attached to an aromatic ring is 1. The van der Waals surface area contributed by atoms with Crippen LogP contribution in [-0.2, 0) is 4.79 Å². The molecule has 4 aromatic rings. The smallest absolute Gasteiger partial charge is 0.248 e. The van der Waals surface area contributed by atoms with Crippen LogP contribution in [0.2, 0.25) is 0 Å². The minimum atomic E-state index is -0.460. The third-order valence-electron chi connectivity index (χ3n) is 5.82. The summed E-state index contributed by atoms with van der Waals surface area (Å²) in [4.78, 5) is 22.9. The summed E-state index contributed by atoms with van der Waals surface area (Å²) in [7, 11) is 0. The topological polar surface area (TPSA) is 127 Å². The molecule has 1 aliphatic rings. The predicted molar refractivity (Wildman–Crippen MR) is 121 cm³/mol. The molecule has 10 nitrogen and oxygen atoms in total. The third kappa shape index (κ3) is 3.53. The van der Waals surface area contributed by atoms with Crippen LogP contribution >= 0.6 is 15.9 Å². The summed E-state index contributed by atoms with van der Waals surface area (Å²) in [5.74, 6) is 1.10. The molecule has 1 saturated heterocycles. The molecule has 5 rings (SSSR count). The lowest BCUT2D eigenvalue weighted by Gasteiger charge is -2.31. The summed E-state index contributed by atoms with van der Waals surface area (Å²) in [6.07, 6.45) is 8.54.